The zero-order valence-electron chi connectivity index (χ0n) is 18.9. The Morgan fingerprint density at radius 1 is 1.08 bits per heavy atom. The Bertz CT molecular complexity index is 1400. The summed E-state index contributed by atoms with van der Waals surface area (Å²) >= 11 is 9.44. The van der Waals surface area contributed by atoms with E-state index in [9.17, 15) is 19.2 Å². The van der Waals surface area contributed by atoms with Crippen molar-refractivity contribution in [2.24, 2.45) is 0 Å². The molecule has 8 nitrogen and oxygen atoms in total. The number of halogens is 2. The van der Waals surface area contributed by atoms with Crippen LogP contribution in [-0.4, -0.2) is 30.4 Å². The number of carbonyl (C=O) groups is 4. The van der Waals surface area contributed by atoms with Crippen molar-refractivity contribution in [1.29, 1.82) is 0 Å². The van der Waals surface area contributed by atoms with Crippen molar-refractivity contribution in [3.8, 4) is 5.75 Å². The molecule has 0 saturated carbocycles. The first-order valence-corrected chi connectivity index (χ1v) is 11.8. The standard InChI is InChI=1S/C26H19BrClN3O5/c1-15-3-2-4-19(11-15)29-23(32)14-36-22-10-7-18(28)12-16(22)13-21-24(33)30-26(35)31(25(21)34)20-8-5-17(27)6-9-20/h2-13H,14H2,1H3,(H,29,32)(H,30,33,35)/b21-13+. The fraction of sp³-hybridized carbons (Fsp3) is 0.0769. The van der Waals surface area contributed by atoms with Crippen molar-refractivity contribution in [1.82, 2.24) is 5.32 Å². The van der Waals surface area contributed by atoms with E-state index in [0.717, 1.165) is 14.9 Å². The van der Waals surface area contributed by atoms with Crippen molar-refractivity contribution in [3.05, 3.63) is 92.9 Å². The fourth-order valence-corrected chi connectivity index (χ4v) is 3.91. The number of aryl methyl sites for hydroxylation is 1. The molecular weight excluding hydrogens is 550 g/mol. The van der Waals surface area contributed by atoms with Gasteiger partial charge in [0.05, 0.1) is 5.69 Å². The quantitative estimate of drug-likeness (QED) is 0.318. The molecule has 0 atom stereocenters. The summed E-state index contributed by atoms with van der Waals surface area (Å²) in [6.07, 6.45) is 1.27. The van der Waals surface area contributed by atoms with Crippen molar-refractivity contribution < 1.29 is 23.9 Å². The lowest BCUT2D eigenvalue weighted by molar-refractivity contribution is -0.122. The average Bonchev–Trinajstić information content (AvgIpc) is 2.82. The van der Waals surface area contributed by atoms with Crippen LogP contribution in [0.4, 0.5) is 16.2 Å². The number of nitrogens with zero attached hydrogens (tertiary/aromatic N) is 1. The molecule has 0 aliphatic carbocycles. The maximum atomic E-state index is 13.2. The van der Waals surface area contributed by atoms with Gasteiger partial charge >= 0.3 is 6.03 Å². The third kappa shape index (κ3) is 5.81. The van der Waals surface area contributed by atoms with Crippen LogP contribution in [0.5, 0.6) is 5.75 Å². The van der Waals surface area contributed by atoms with Crippen LogP contribution in [0.15, 0.2) is 76.8 Å². The minimum absolute atomic E-state index is 0.221. The number of benzene rings is 3. The van der Waals surface area contributed by atoms with E-state index in [4.69, 9.17) is 16.3 Å². The van der Waals surface area contributed by atoms with E-state index in [1.807, 2.05) is 25.1 Å². The molecular formula is C26H19BrClN3O5. The van der Waals surface area contributed by atoms with Gasteiger partial charge < -0.3 is 10.1 Å². The summed E-state index contributed by atoms with van der Waals surface area (Å²) in [6.45, 7) is 1.59. The number of rotatable bonds is 6. The SMILES string of the molecule is Cc1cccc(NC(=O)COc2ccc(Cl)cc2/C=C2\C(=O)NC(=O)N(c3ccc(Br)cc3)C2=O)c1. The van der Waals surface area contributed by atoms with Crippen LogP contribution in [0.3, 0.4) is 0 Å². The van der Waals surface area contributed by atoms with Crippen molar-refractivity contribution in [2.75, 3.05) is 16.8 Å². The van der Waals surface area contributed by atoms with Gasteiger partial charge in [-0.15, -0.1) is 0 Å². The normalized spacial score (nSPS) is 14.6. The monoisotopic (exact) mass is 567 g/mol. The number of barbiturate groups is 1. The summed E-state index contributed by atoms with van der Waals surface area (Å²) < 4.78 is 6.43. The Labute approximate surface area is 220 Å². The smallest absolute Gasteiger partial charge is 0.335 e. The van der Waals surface area contributed by atoms with Gasteiger partial charge in [0.15, 0.2) is 6.61 Å². The summed E-state index contributed by atoms with van der Waals surface area (Å²) in [5.41, 5.74) is 1.90. The number of imide groups is 2. The predicted molar refractivity (Wildman–Crippen MR) is 140 cm³/mol. The molecule has 0 bridgehead atoms. The van der Waals surface area contributed by atoms with E-state index in [0.29, 0.717) is 10.7 Å². The Morgan fingerprint density at radius 3 is 2.56 bits per heavy atom. The average molecular weight is 569 g/mol. The lowest BCUT2D eigenvalue weighted by Crippen LogP contribution is -2.54. The largest absolute Gasteiger partial charge is 0.483 e. The molecule has 2 N–H and O–H groups in total. The molecule has 1 aliphatic heterocycles. The van der Waals surface area contributed by atoms with Crippen molar-refractivity contribution in [3.63, 3.8) is 0 Å². The zero-order valence-corrected chi connectivity index (χ0v) is 21.2. The third-order valence-electron chi connectivity index (χ3n) is 5.12. The molecule has 5 amide bonds. The van der Waals surface area contributed by atoms with Crippen LogP contribution in [0.25, 0.3) is 6.08 Å². The minimum atomic E-state index is -0.861. The minimum Gasteiger partial charge on any atom is -0.483 e. The highest BCUT2D eigenvalue weighted by Gasteiger charge is 2.37. The molecule has 10 heteroatoms. The number of hydrogen-bond donors (Lipinski definition) is 2. The number of ether oxygens (including phenoxy) is 1. The van der Waals surface area contributed by atoms with Crippen LogP contribution in [0.1, 0.15) is 11.1 Å². The molecule has 0 radical (unpaired) electrons. The summed E-state index contributed by atoms with van der Waals surface area (Å²) in [5.74, 6) is -1.85. The summed E-state index contributed by atoms with van der Waals surface area (Å²) in [4.78, 5) is 51.4. The molecule has 1 heterocycles. The van der Waals surface area contributed by atoms with E-state index in [-0.39, 0.29) is 29.2 Å². The maximum Gasteiger partial charge on any atom is 0.335 e. The van der Waals surface area contributed by atoms with Crippen molar-refractivity contribution in [2.45, 2.75) is 6.92 Å². The van der Waals surface area contributed by atoms with Crippen LogP contribution in [-0.2, 0) is 14.4 Å². The van der Waals surface area contributed by atoms with Gasteiger partial charge in [-0.05, 0) is 73.2 Å². The number of anilines is 2. The number of nitrogens with one attached hydrogen (secondary N) is 2. The van der Waals surface area contributed by atoms with Gasteiger partial charge in [-0.2, -0.15) is 0 Å². The maximum absolute atomic E-state index is 13.2. The van der Waals surface area contributed by atoms with E-state index in [2.05, 4.69) is 26.6 Å². The highest BCUT2D eigenvalue weighted by atomic mass is 79.9. The van der Waals surface area contributed by atoms with Gasteiger partial charge in [0.25, 0.3) is 17.7 Å². The molecule has 4 rings (SSSR count). The van der Waals surface area contributed by atoms with Crippen molar-refractivity contribution >= 4 is 68.7 Å². The lowest BCUT2D eigenvalue weighted by Gasteiger charge is -2.26. The second kappa shape index (κ2) is 10.8. The zero-order chi connectivity index (χ0) is 25.8. The second-order valence-corrected chi connectivity index (χ2v) is 9.17. The fourth-order valence-electron chi connectivity index (χ4n) is 3.46. The molecule has 0 spiro atoms. The van der Waals surface area contributed by atoms with E-state index < -0.39 is 23.8 Å². The Balaban J connectivity index is 1.58. The molecule has 3 aromatic carbocycles. The first-order chi connectivity index (χ1) is 17.2. The first-order valence-electron chi connectivity index (χ1n) is 10.7. The van der Waals surface area contributed by atoms with Gasteiger partial charge in [0.1, 0.15) is 11.3 Å². The van der Waals surface area contributed by atoms with Gasteiger partial charge in [-0.25, -0.2) is 9.69 Å². The summed E-state index contributed by atoms with van der Waals surface area (Å²) in [5, 5.41) is 5.23. The molecule has 1 saturated heterocycles. The molecule has 1 aliphatic rings. The predicted octanol–water partition coefficient (Wildman–Crippen LogP) is 5.09. The third-order valence-corrected chi connectivity index (χ3v) is 5.88. The molecule has 0 unspecified atom stereocenters. The van der Waals surface area contributed by atoms with E-state index >= 15 is 0 Å². The number of urea groups is 1. The van der Waals surface area contributed by atoms with Gasteiger partial charge in [0, 0.05) is 20.7 Å². The molecule has 182 valence electrons. The van der Waals surface area contributed by atoms with E-state index in [1.54, 1.807) is 36.4 Å². The Kier molecular flexibility index (Phi) is 7.52. The van der Waals surface area contributed by atoms with Crippen LogP contribution in [0, 0.1) is 6.92 Å². The Morgan fingerprint density at radius 2 is 1.83 bits per heavy atom. The molecule has 0 aromatic heterocycles. The molecule has 3 aromatic rings. The van der Waals surface area contributed by atoms with Gasteiger partial charge in [-0.3, -0.25) is 19.7 Å². The topological polar surface area (TPSA) is 105 Å². The Hall–Kier alpha value is -3.95. The number of hydrogen-bond acceptors (Lipinski definition) is 5. The molecule has 1 fully saturated rings. The molecule has 36 heavy (non-hydrogen) atoms. The number of amides is 5. The van der Waals surface area contributed by atoms with Gasteiger partial charge in [0.2, 0.25) is 0 Å². The summed E-state index contributed by atoms with van der Waals surface area (Å²) in [6, 6.07) is 17.5. The highest BCUT2D eigenvalue weighted by molar-refractivity contribution is 9.10. The van der Waals surface area contributed by atoms with Crippen LogP contribution < -0.4 is 20.3 Å². The van der Waals surface area contributed by atoms with Crippen LogP contribution >= 0.6 is 27.5 Å². The summed E-state index contributed by atoms with van der Waals surface area (Å²) in [7, 11) is 0. The lowest BCUT2D eigenvalue weighted by atomic mass is 10.1. The second-order valence-electron chi connectivity index (χ2n) is 7.82. The van der Waals surface area contributed by atoms with E-state index in [1.165, 1.54) is 18.2 Å². The number of carbonyl (C=O) groups excluding carboxylic acids is 4. The first kappa shape index (κ1) is 25.2. The van der Waals surface area contributed by atoms with Crippen LogP contribution in [0.2, 0.25) is 5.02 Å². The highest BCUT2D eigenvalue weighted by Crippen LogP contribution is 2.28. The van der Waals surface area contributed by atoms with Gasteiger partial charge in [-0.1, -0.05) is 39.7 Å².